The highest BCUT2D eigenvalue weighted by atomic mass is 32.1. The van der Waals surface area contributed by atoms with Crippen LogP contribution in [0.3, 0.4) is 0 Å². The van der Waals surface area contributed by atoms with Crippen molar-refractivity contribution in [2.45, 2.75) is 13.3 Å². The number of rotatable bonds is 5. The van der Waals surface area contributed by atoms with Crippen molar-refractivity contribution in [3.05, 3.63) is 24.5 Å². The van der Waals surface area contributed by atoms with Crippen LogP contribution in [0.15, 0.2) is 24.5 Å². The van der Waals surface area contributed by atoms with Crippen LogP contribution in [0.4, 0.5) is 0 Å². The molecule has 2 aromatic rings. The van der Waals surface area contributed by atoms with Crippen molar-refractivity contribution in [3.8, 4) is 17.1 Å². The highest BCUT2D eigenvalue weighted by Gasteiger charge is 2.12. The molecule has 0 bridgehead atoms. The van der Waals surface area contributed by atoms with Crippen LogP contribution in [-0.4, -0.2) is 29.4 Å². The normalized spacial score (nSPS) is 10.1. The molecule has 2 aromatic heterocycles. The lowest BCUT2D eigenvalue weighted by Gasteiger charge is -2.04. The van der Waals surface area contributed by atoms with Gasteiger partial charge in [0, 0.05) is 18.0 Å². The molecule has 0 spiro atoms. The van der Waals surface area contributed by atoms with Gasteiger partial charge in [-0.05, 0) is 18.6 Å². The molecule has 0 fully saturated rings. The summed E-state index contributed by atoms with van der Waals surface area (Å²) in [5, 5.41) is 0. The second-order valence-electron chi connectivity index (χ2n) is 3.42. The predicted molar refractivity (Wildman–Crippen MR) is 72.1 cm³/mol. The van der Waals surface area contributed by atoms with E-state index in [2.05, 4.69) is 13.7 Å². The van der Waals surface area contributed by atoms with Gasteiger partial charge < -0.3 is 4.74 Å². The van der Waals surface area contributed by atoms with Gasteiger partial charge in [-0.3, -0.25) is 4.98 Å². The van der Waals surface area contributed by atoms with Gasteiger partial charge in [-0.25, -0.2) is 4.21 Å². The molecule has 0 unspecified atom stereocenters. The van der Waals surface area contributed by atoms with E-state index in [-0.39, 0.29) is 6.61 Å². The molecule has 0 radical (unpaired) electrons. The van der Waals surface area contributed by atoms with Gasteiger partial charge in [-0.15, -0.1) is 4.37 Å². The van der Waals surface area contributed by atoms with Crippen LogP contribution in [0.2, 0.25) is 0 Å². The van der Waals surface area contributed by atoms with Crippen molar-refractivity contribution in [2.24, 2.45) is 0 Å². The summed E-state index contributed by atoms with van der Waals surface area (Å²) in [7, 11) is 0. The van der Waals surface area contributed by atoms with E-state index in [1.54, 1.807) is 12.4 Å². The zero-order valence-corrected chi connectivity index (χ0v) is 11.3. The minimum Gasteiger partial charge on any atom is -0.470 e. The first-order chi connectivity index (χ1) is 8.85. The highest BCUT2D eigenvalue weighted by molar-refractivity contribution is 7.66. The third kappa shape index (κ3) is 2.99. The average Bonchev–Trinajstić information content (AvgIpc) is 2.89. The molecule has 0 N–H and O–H groups in total. The lowest BCUT2D eigenvalue weighted by Crippen LogP contribution is -2.10. The van der Waals surface area contributed by atoms with Gasteiger partial charge in [-0.2, -0.15) is 4.37 Å². The maximum atomic E-state index is 10.7. The Kier molecular flexibility index (Phi) is 4.54. The Labute approximate surface area is 112 Å². The SMILES string of the molecule is CCC(COc1nsnc1-c1cccnc1)=S=O. The molecule has 2 rings (SSSR count). The molecular weight excluding hydrogens is 270 g/mol. The molecule has 94 valence electrons. The van der Waals surface area contributed by atoms with E-state index < -0.39 is 0 Å². The van der Waals surface area contributed by atoms with Gasteiger partial charge in [0.2, 0.25) is 0 Å². The fourth-order valence-corrected chi connectivity index (χ4v) is 2.03. The molecule has 0 saturated carbocycles. The minimum absolute atomic E-state index is 0.267. The summed E-state index contributed by atoms with van der Waals surface area (Å²) in [4.78, 5) is 4.77. The first-order valence-electron chi connectivity index (χ1n) is 5.35. The fourth-order valence-electron chi connectivity index (χ4n) is 1.29. The van der Waals surface area contributed by atoms with Crippen molar-refractivity contribution < 1.29 is 8.95 Å². The van der Waals surface area contributed by atoms with Gasteiger partial charge in [0.15, 0.2) is 0 Å². The van der Waals surface area contributed by atoms with Crippen LogP contribution in [-0.2, 0) is 11.3 Å². The largest absolute Gasteiger partial charge is 0.470 e. The Morgan fingerprint density at radius 1 is 1.50 bits per heavy atom. The Balaban J connectivity index is 2.16. The molecule has 0 aliphatic heterocycles. The molecule has 0 amide bonds. The third-order valence-corrected chi connectivity index (χ3v) is 3.43. The predicted octanol–water partition coefficient (Wildman–Crippen LogP) is 1.77. The number of nitrogens with zero attached hydrogens (tertiary/aromatic N) is 3. The molecule has 2 heterocycles. The minimum atomic E-state index is 0.267. The molecule has 0 atom stereocenters. The summed E-state index contributed by atoms with van der Waals surface area (Å²) in [5.74, 6) is 0.452. The molecule has 0 aliphatic rings. The van der Waals surface area contributed by atoms with Gasteiger partial charge in [0.1, 0.15) is 12.3 Å². The van der Waals surface area contributed by atoms with Gasteiger partial charge in [0.25, 0.3) is 5.88 Å². The molecule has 0 aliphatic carbocycles. The summed E-state index contributed by atoms with van der Waals surface area (Å²) in [6.45, 7) is 2.19. The fraction of sp³-hybridized carbons (Fsp3) is 0.273. The van der Waals surface area contributed by atoms with Crippen molar-refractivity contribution in [1.82, 2.24) is 13.7 Å². The molecule has 0 saturated heterocycles. The second kappa shape index (κ2) is 6.36. The van der Waals surface area contributed by atoms with E-state index in [0.717, 1.165) is 22.2 Å². The van der Waals surface area contributed by atoms with E-state index in [4.69, 9.17) is 4.74 Å². The van der Waals surface area contributed by atoms with Crippen LogP contribution in [0.25, 0.3) is 11.3 Å². The Bertz CT molecular complexity index is 565. The van der Waals surface area contributed by atoms with E-state index in [9.17, 15) is 4.21 Å². The number of pyridine rings is 1. The third-order valence-electron chi connectivity index (χ3n) is 2.28. The molecule has 7 heteroatoms. The second-order valence-corrected chi connectivity index (χ2v) is 4.70. The summed E-state index contributed by atoms with van der Waals surface area (Å²) in [6.07, 6.45) is 4.09. The van der Waals surface area contributed by atoms with Gasteiger partial charge in [-0.1, -0.05) is 6.92 Å². The van der Waals surface area contributed by atoms with Gasteiger partial charge >= 0.3 is 0 Å². The maximum absolute atomic E-state index is 10.7. The monoisotopic (exact) mass is 281 g/mol. The molecule has 18 heavy (non-hydrogen) atoms. The van der Waals surface area contributed by atoms with Crippen LogP contribution in [0, 0.1) is 0 Å². The molecule has 5 nitrogen and oxygen atoms in total. The number of aromatic nitrogens is 3. The Hall–Kier alpha value is -1.60. The van der Waals surface area contributed by atoms with E-state index >= 15 is 0 Å². The number of hydrogen-bond donors (Lipinski definition) is 0. The van der Waals surface area contributed by atoms with Crippen molar-refractivity contribution in [1.29, 1.82) is 0 Å². The first kappa shape index (κ1) is 12.8. The van der Waals surface area contributed by atoms with Crippen LogP contribution >= 0.6 is 11.7 Å². The summed E-state index contributed by atoms with van der Waals surface area (Å²) in [5.41, 5.74) is 1.52. The molecule has 0 aromatic carbocycles. The lowest BCUT2D eigenvalue weighted by molar-refractivity contribution is 0.366. The highest BCUT2D eigenvalue weighted by Crippen LogP contribution is 2.26. The maximum Gasteiger partial charge on any atom is 0.254 e. The van der Waals surface area contributed by atoms with Crippen molar-refractivity contribution >= 4 is 27.8 Å². The Morgan fingerprint density at radius 3 is 3.06 bits per heavy atom. The summed E-state index contributed by atoms with van der Waals surface area (Å²) >= 11 is 1.56. The quantitative estimate of drug-likeness (QED) is 0.782. The zero-order valence-electron chi connectivity index (χ0n) is 9.70. The van der Waals surface area contributed by atoms with E-state index in [1.807, 2.05) is 19.1 Å². The first-order valence-corrected chi connectivity index (χ1v) is 6.82. The number of hydrogen-bond acceptors (Lipinski definition) is 6. The number of ether oxygens (including phenoxy) is 1. The van der Waals surface area contributed by atoms with Crippen LogP contribution < -0.4 is 4.74 Å². The van der Waals surface area contributed by atoms with Crippen molar-refractivity contribution in [3.63, 3.8) is 0 Å². The smallest absolute Gasteiger partial charge is 0.254 e. The van der Waals surface area contributed by atoms with Gasteiger partial charge in [0.05, 0.1) is 27.8 Å². The van der Waals surface area contributed by atoms with E-state index in [0.29, 0.717) is 29.3 Å². The van der Waals surface area contributed by atoms with Crippen molar-refractivity contribution in [2.75, 3.05) is 6.61 Å². The summed E-state index contributed by atoms with van der Waals surface area (Å²) in [6, 6.07) is 3.72. The van der Waals surface area contributed by atoms with Crippen LogP contribution in [0.5, 0.6) is 5.88 Å². The lowest BCUT2D eigenvalue weighted by atomic mass is 10.2. The average molecular weight is 281 g/mol. The Morgan fingerprint density at radius 2 is 2.39 bits per heavy atom. The molecular formula is C11H11N3O2S2. The standard InChI is InChI=1S/C11H11N3O2S2/c1-2-9(17-15)7-16-11-10(13-18-14-11)8-4-3-5-12-6-8/h3-6H,2,7H2,1H3. The van der Waals surface area contributed by atoms with E-state index in [1.165, 1.54) is 0 Å². The topological polar surface area (TPSA) is 65.0 Å². The summed E-state index contributed by atoms with van der Waals surface area (Å²) < 4.78 is 24.5. The van der Waals surface area contributed by atoms with Crippen LogP contribution in [0.1, 0.15) is 13.3 Å². The zero-order chi connectivity index (χ0) is 12.8.